The van der Waals surface area contributed by atoms with Gasteiger partial charge in [0.2, 0.25) is 5.88 Å². The largest absolute Gasteiger partial charge is 0.495 e. The molecule has 4 heteroatoms. The van der Waals surface area contributed by atoms with Crippen LogP contribution in [0.2, 0.25) is 0 Å². The van der Waals surface area contributed by atoms with Crippen LogP contribution >= 0.6 is 0 Å². The third-order valence-electron chi connectivity index (χ3n) is 4.33. The van der Waals surface area contributed by atoms with Crippen molar-refractivity contribution in [1.29, 1.82) is 0 Å². The molecular weight excluding hydrogens is 312 g/mol. The van der Waals surface area contributed by atoms with Crippen molar-refractivity contribution in [2.75, 3.05) is 19.1 Å². The van der Waals surface area contributed by atoms with E-state index in [-0.39, 0.29) is 0 Å². The number of methoxy groups -OCH3 is 1. The summed E-state index contributed by atoms with van der Waals surface area (Å²) in [5, 5.41) is 2.14. The highest BCUT2D eigenvalue weighted by Crippen LogP contribution is 2.39. The molecule has 4 aromatic rings. The Bertz CT molecular complexity index is 1010. The van der Waals surface area contributed by atoms with Crippen LogP contribution in [-0.4, -0.2) is 19.1 Å². The molecule has 0 saturated carbocycles. The van der Waals surface area contributed by atoms with Crippen molar-refractivity contribution in [1.82, 2.24) is 4.98 Å². The Balaban J connectivity index is 1.83. The minimum atomic E-state index is 0.788. The fourth-order valence-electron chi connectivity index (χ4n) is 3.01. The maximum absolute atomic E-state index is 5.83. The van der Waals surface area contributed by atoms with Gasteiger partial charge >= 0.3 is 0 Å². The van der Waals surface area contributed by atoms with Gasteiger partial charge in [-0.1, -0.05) is 30.3 Å². The molecule has 4 nitrogen and oxygen atoms in total. The van der Waals surface area contributed by atoms with E-state index in [1.54, 1.807) is 19.6 Å². The SMILES string of the molecule is COc1ccc(-c2cccnc2)cc1N(C)c1occ2ccccc12. The van der Waals surface area contributed by atoms with Gasteiger partial charge in [-0.15, -0.1) is 0 Å². The quantitative estimate of drug-likeness (QED) is 0.511. The Labute approximate surface area is 146 Å². The summed E-state index contributed by atoms with van der Waals surface area (Å²) >= 11 is 0. The average Bonchev–Trinajstić information content (AvgIpc) is 3.12. The van der Waals surface area contributed by atoms with Crippen LogP contribution in [0.4, 0.5) is 11.6 Å². The molecule has 0 aliphatic carbocycles. The third kappa shape index (κ3) is 2.72. The molecule has 0 fully saturated rings. The van der Waals surface area contributed by atoms with Crippen LogP contribution in [0.1, 0.15) is 0 Å². The molecule has 124 valence electrons. The normalized spacial score (nSPS) is 10.8. The first-order valence-corrected chi connectivity index (χ1v) is 8.06. The average molecular weight is 330 g/mol. The van der Waals surface area contributed by atoms with Crippen molar-refractivity contribution >= 4 is 22.3 Å². The molecule has 0 aliphatic rings. The van der Waals surface area contributed by atoms with Crippen molar-refractivity contribution in [3.8, 4) is 16.9 Å². The summed E-state index contributed by atoms with van der Waals surface area (Å²) in [6.07, 6.45) is 5.40. The van der Waals surface area contributed by atoms with Gasteiger partial charge in [0, 0.05) is 35.8 Å². The second-order valence-electron chi connectivity index (χ2n) is 5.82. The molecule has 2 aromatic carbocycles. The van der Waals surface area contributed by atoms with Crippen molar-refractivity contribution in [2.24, 2.45) is 0 Å². The molecule has 2 heterocycles. The number of anilines is 2. The maximum atomic E-state index is 5.83. The number of fused-ring (bicyclic) bond motifs is 1. The van der Waals surface area contributed by atoms with Crippen LogP contribution in [-0.2, 0) is 0 Å². The summed E-state index contributed by atoms with van der Waals surface area (Å²) in [7, 11) is 3.66. The predicted octanol–water partition coefficient (Wildman–Crippen LogP) is 5.27. The maximum Gasteiger partial charge on any atom is 0.207 e. The van der Waals surface area contributed by atoms with Gasteiger partial charge in [0.1, 0.15) is 12.0 Å². The summed E-state index contributed by atoms with van der Waals surface area (Å²) in [5.74, 6) is 1.58. The second kappa shape index (κ2) is 6.32. The number of pyridine rings is 1. The number of hydrogen-bond donors (Lipinski definition) is 0. The van der Waals surface area contributed by atoms with E-state index in [2.05, 4.69) is 17.1 Å². The molecule has 0 amide bonds. The molecule has 0 spiro atoms. The molecule has 0 unspecified atom stereocenters. The Hall–Kier alpha value is -3.27. The smallest absolute Gasteiger partial charge is 0.207 e. The van der Waals surface area contributed by atoms with E-state index in [1.165, 1.54) is 0 Å². The van der Waals surface area contributed by atoms with Crippen LogP contribution in [0.5, 0.6) is 5.75 Å². The Morgan fingerprint density at radius 3 is 2.68 bits per heavy atom. The number of furan rings is 1. The van der Waals surface area contributed by atoms with Crippen LogP contribution in [0.15, 0.2) is 77.7 Å². The first-order chi connectivity index (χ1) is 12.3. The van der Waals surface area contributed by atoms with Crippen molar-refractivity contribution in [3.05, 3.63) is 73.3 Å². The molecule has 0 radical (unpaired) electrons. The molecule has 0 aliphatic heterocycles. The van der Waals surface area contributed by atoms with Crippen LogP contribution in [0.3, 0.4) is 0 Å². The highest BCUT2D eigenvalue weighted by atomic mass is 16.5. The van der Waals surface area contributed by atoms with Crippen LogP contribution in [0, 0.1) is 0 Å². The molecule has 2 aromatic heterocycles. The molecule has 0 N–H and O–H groups in total. The first-order valence-electron chi connectivity index (χ1n) is 8.06. The van der Waals surface area contributed by atoms with Gasteiger partial charge < -0.3 is 14.1 Å². The second-order valence-corrected chi connectivity index (χ2v) is 5.82. The standard InChI is InChI=1S/C21H18N2O2/c1-23(21-18-8-4-3-6-17(18)14-25-21)19-12-15(9-10-20(19)24-2)16-7-5-11-22-13-16/h3-14H,1-2H3. The monoisotopic (exact) mass is 330 g/mol. The lowest BCUT2D eigenvalue weighted by atomic mass is 10.1. The third-order valence-corrected chi connectivity index (χ3v) is 4.33. The minimum absolute atomic E-state index is 0.788. The number of benzene rings is 2. The van der Waals surface area contributed by atoms with Gasteiger partial charge in [0.15, 0.2) is 0 Å². The number of aromatic nitrogens is 1. The molecule has 0 saturated heterocycles. The van der Waals surface area contributed by atoms with E-state index in [4.69, 9.17) is 9.15 Å². The fraction of sp³-hybridized carbons (Fsp3) is 0.0952. The summed E-state index contributed by atoms with van der Waals surface area (Å²) in [6, 6.07) is 18.2. The van der Waals surface area contributed by atoms with Crippen molar-refractivity contribution in [3.63, 3.8) is 0 Å². The van der Waals surface area contributed by atoms with Crippen LogP contribution < -0.4 is 9.64 Å². The molecule has 0 atom stereocenters. The summed E-state index contributed by atoms with van der Waals surface area (Å²) in [6.45, 7) is 0. The minimum Gasteiger partial charge on any atom is -0.495 e. The van der Waals surface area contributed by atoms with Gasteiger partial charge in [-0.25, -0.2) is 0 Å². The van der Waals surface area contributed by atoms with E-state index in [9.17, 15) is 0 Å². The molecule has 0 bridgehead atoms. The summed E-state index contributed by atoms with van der Waals surface area (Å²) < 4.78 is 11.4. The number of hydrogen-bond acceptors (Lipinski definition) is 4. The van der Waals surface area contributed by atoms with Gasteiger partial charge in [0.05, 0.1) is 12.8 Å². The van der Waals surface area contributed by atoms with Crippen molar-refractivity contribution < 1.29 is 9.15 Å². The van der Waals surface area contributed by atoms with Crippen LogP contribution in [0.25, 0.3) is 21.9 Å². The zero-order valence-corrected chi connectivity index (χ0v) is 14.1. The highest BCUT2D eigenvalue weighted by molar-refractivity contribution is 5.94. The predicted molar refractivity (Wildman–Crippen MR) is 101 cm³/mol. The number of rotatable bonds is 4. The molecule has 25 heavy (non-hydrogen) atoms. The lowest BCUT2D eigenvalue weighted by Crippen LogP contribution is -2.10. The molecular formula is C21H18N2O2. The van der Waals surface area contributed by atoms with E-state index < -0.39 is 0 Å². The zero-order chi connectivity index (χ0) is 17.2. The first kappa shape index (κ1) is 15.3. The van der Waals surface area contributed by atoms with E-state index in [0.717, 1.165) is 39.2 Å². The fourth-order valence-corrected chi connectivity index (χ4v) is 3.01. The highest BCUT2D eigenvalue weighted by Gasteiger charge is 2.17. The Morgan fingerprint density at radius 2 is 1.88 bits per heavy atom. The lowest BCUT2D eigenvalue weighted by Gasteiger charge is -2.20. The van der Waals surface area contributed by atoms with Gasteiger partial charge in [0.25, 0.3) is 0 Å². The zero-order valence-electron chi connectivity index (χ0n) is 14.1. The van der Waals surface area contributed by atoms with Crippen molar-refractivity contribution in [2.45, 2.75) is 0 Å². The van der Waals surface area contributed by atoms with E-state index in [1.807, 2.05) is 60.6 Å². The topological polar surface area (TPSA) is 38.5 Å². The van der Waals surface area contributed by atoms with E-state index in [0.29, 0.717) is 0 Å². The summed E-state index contributed by atoms with van der Waals surface area (Å²) in [4.78, 5) is 6.22. The van der Waals surface area contributed by atoms with Gasteiger partial charge in [-0.3, -0.25) is 4.98 Å². The van der Waals surface area contributed by atoms with Gasteiger partial charge in [-0.2, -0.15) is 0 Å². The number of nitrogens with zero attached hydrogens (tertiary/aromatic N) is 2. The Kier molecular flexibility index (Phi) is 3.86. The molecule has 4 rings (SSSR count). The Morgan fingerprint density at radius 1 is 1.00 bits per heavy atom. The van der Waals surface area contributed by atoms with Gasteiger partial charge in [-0.05, 0) is 29.8 Å². The number of ether oxygens (including phenoxy) is 1. The lowest BCUT2D eigenvalue weighted by molar-refractivity contribution is 0.415. The summed E-state index contributed by atoms with van der Waals surface area (Å²) in [5.41, 5.74) is 3.07. The van der Waals surface area contributed by atoms with E-state index >= 15 is 0 Å².